The fourth-order valence-corrected chi connectivity index (χ4v) is 2.15. The number of aryl methyl sites for hydroxylation is 1. The van der Waals surface area contributed by atoms with Crippen LogP contribution in [0.1, 0.15) is 23.5 Å². The second kappa shape index (κ2) is 3.09. The van der Waals surface area contributed by atoms with Gasteiger partial charge in [0.05, 0.1) is 16.3 Å². The molecule has 1 heterocycles. The number of benzene rings is 1. The van der Waals surface area contributed by atoms with Crippen molar-refractivity contribution in [2.45, 2.75) is 19.9 Å². The minimum Gasteiger partial charge on any atom is -0.322 e. The highest BCUT2D eigenvalue weighted by Gasteiger charge is 2.06. The molecule has 2 rings (SSSR count). The van der Waals surface area contributed by atoms with E-state index in [0.717, 1.165) is 10.5 Å². The number of thiazole rings is 1. The molecular formula is C10H12N2S. The van der Waals surface area contributed by atoms with Gasteiger partial charge < -0.3 is 5.73 Å². The van der Waals surface area contributed by atoms with Crippen LogP contribution < -0.4 is 5.73 Å². The van der Waals surface area contributed by atoms with Gasteiger partial charge in [-0.2, -0.15) is 0 Å². The Balaban J connectivity index is 2.62. The molecule has 1 aromatic carbocycles. The van der Waals surface area contributed by atoms with E-state index >= 15 is 0 Å². The maximum atomic E-state index is 5.76. The minimum absolute atomic E-state index is 0.0395. The van der Waals surface area contributed by atoms with Crippen LogP contribution in [0.2, 0.25) is 0 Å². The molecule has 0 fully saturated rings. The van der Waals surface area contributed by atoms with Crippen molar-refractivity contribution in [2.24, 2.45) is 5.73 Å². The summed E-state index contributed by atoms with van der Waals surface area (Å²) in [6.45, 7) is 4.04. The van der Waals surface area contributed by atoms with Gasteiger partial charge in [-0.05, 0) is 31.5 Å². The first-order chi connectivity index (χ1) is 6.16. The van der Waals surface area contributed by atoms with Crippen LogP contribution in [-0.2, 0) is 0 Å². The normalized spacial score (nSPS) is 13.5. The molecule has 0 aliphatic heterocycles. The molecule has 68 valence electrons. The van der Waals surface area contributed by atoms with Gasteiger partial charge in [-0.25, -0.2) is 4.98 Å². The molecule has 3 heteroatoms. The zero-order valence-corrected chi connectivity index (χ0v) is 8.56. The minimum atomic E-state index is 0.0395. The molecule has 2 aromatic rings. The van der Waals surface area contributed by atoms with Gasteiger partial charge in [-0.15, -0.1) is 11.3 Å². The van der Waals surface area contributed by atoms with Crippen LogP contribution in [0, 0.1) is 6.92 Å². The van der Waals surface area contributed by atoms with E-state index in [9.17, 15) is 0 Å². The second-order valence-corrected chi connectivity index (χ2v) is 4.37. The smallest absolute Gasteiger partial charge is 0.110 e. The van der Waals surface area contributed by atoms with Crippen LogP contribution in [0.4, 0.5) is 0 Å². The summed E-state index contributed by atoms with van der Waals surface area (Å²) in [6.07, 6.45) is 0. The van der Waals surface area contributed by atoms with Gasteiger partial charge in [0.1, 0.15) is 5.01 Å². The van der Waals surface area contributed by atoms with E-state index in [1.165, 1.54) is 10.3 Å². The van der Waals surface area contributed by atoms with E-state index in [1.54, 1.807) is 11.3 Å². The fourth-order valence-electron chi connectivity index (χ4n) is 1.25. The molecular weight excluding hydrogens is 180 g/mol. The summed E-state index contributed by atoms with van der Waals surface area (Å²) in [5, 5.41) is 1.01. The molecule has 2 N–H and O–H groups in total. The van der Waals surface area contributed by atoms with Gasteiger partial charge in [0, 0.05) is 0 Å². The number of rotatable bonds is 1. The summed E-state index contributed by atoms with van der Waals surface area (Å²) in [7, 11) is 0. The van der Waals surface area contributed by atoms with Crippen molar-refractivity contribution < 1.29 is 0 Å². The molecule has 2 nitrogen and oxygen atoms in total. The van der Waals surface area contributed by atoms with Gasteiger partial charge >= 0.3 is 0 Å². The van der Waals surface area contributed by atoms with Gasteiger partial charge in [0.25, 0.3) is 0 Å². The lowest BCUT2D eigenvalue weighted by Gasteiger charge is -1.95. The van der Waals surface area contributed by atoms with Gasteiger partial charge in [0.15, 0.2) is 0 Å². The molecule has 1 atom stereocenters. The van der Waals surface area contributed by atoms with E-state index in [2.05, 4.69) is 30.1 Å². The lowest BCUT2D eigenvalue weighted by atomic mass is 10.2. The number of nitrogens with two attached hydrogens (primary N) is 1. The zero-order valence-electron chi connectivity index (χ0n) is 7.74. The van der Waals surface area contributed by atoms with Gasteiger partial charge in [-0.3, -0.25) is 0 Å². The second-order valence-electron chi connectivity index (χ2n) is 3.31. The lowest BCUT2D eigenvalue weighted by molar-refractivity contribution is 0.810. The van der Waals surface area contributed by atoms with Crippen molar-refractivity contribution in [1.82, 2.24) is 4.98 Å². The Morgan fingerprint density at radius 2 is 2.23 bits per heavy atom. The highest BCUT2D eigenvalue weighted by molar-refractivity contribution is 7.18. The Kier molecular flexibility index (Phi) is 2.06. The Morgan fingerprint density at radius 1 is 1.46 bits per heavy atom. The van der Waals surface area contributed by atoms with Crippen LogP contribution >= 0.6 is 11.3 Å². The highest BCUT2D eigenvalue weighted by Crippen LogP contribution is 2.25. The third-order valence-corrected chi connectivity index (χ3v) is 3.19. The van der Waals surface area contributed by atoms with E-state index in [4.69, 9.17) is 5.73 Å². The van der Waals surface area contributed by atoms with Gasteiger partial charge in [0.2, 0.25) is 0 Å². The van der Waals surface area contributed by atoms with Crippen LogP contribution in [0.5, 0.6) is 0 Å². The summed E-state index contributed by atoms with van der Waals surface area (Å²) in [4.78, 5) is 4.47. The van der Waals surface area contributed by atoms with E-state index in [0.29, 0.717) is 0 Å². The maximum absolute atomic E-state index is 5.76. The first-order valence-electron chi connectivity index (χ1n) is 4.29. The molecule has 0 saturated heterocycles. The van der Waals surface area contributed by atoms with E-state index in [-0.39, 0.29) is 6.04 Å². The van der Waals surface area contributed by atoms with Crippen molar-refractivity contribution in [1.29, 1.82) is 0 Å². The van der Waals surface area contributed by atoms with Crippen molar-refractivity contribution in [2.75, 3.05) is 0 Å². The molecule has 0 aliphatic carbocycles. The molecule has 13 heavy (non-hydrogen) atoms. The number of aromatic nitrogens is 1. The Bertz CT molecular complexity index is 431. The van der Waals surface area contributed by atoms with Crippen molar-refractivity contribution in [3.05, 3.63) is 28.8 Å². The Labute approximate surface area is 81.4 Å². The third kappa shape index (κ3) is 1.57. The summed E-state index contributed by atoms with van der Waals surface area (Å²) in [5.41, 5.74) is 8.07. The number of hydrogen-bond acceptors (Lipinski definition) is 3. The average Bonchev–Trinajstić information content (AvgIpc) is 2.46. The fraction of sp³-hybridized carbons (Fsp3) is 0.300. The van der Waals surface area contributed by atoms with Crippen LogP contribution in [-0.4, -0.2) is 4.98 Å². The highest BCUT2D eigenvalue weighted by atomic mass is 32.1. The van der Waals surface area contributed by atoms with Crippen LogP contribution in [0.3, 0.4) is 0 Å². The van der Waals surface area contributed by atoms with Crippen molar-refractivity contribution >= 4 is 21.6 Å². The molecule has 0 unspecified atom stereocenters. The Morgan fingerprint density at radius 3 is 2.92 bits per heavy atom. The molecule has 0 amide bonds. The molecule has 0 spiro atoms. The van der Waals surface area contributed by atoms with Crippen molar-refractivity contribution in [3.63, 3.8) is 0 Å². The van der Waals surface area contributed by atoms with Crippen molar-refractivity contribution in [3.8, 4) is 0 Å². The van der Waals surface area contributed by atoms with Gasteiger partial charge in [-0.1, -0.05) is 6.07 Å². The largest absolute Gasteiger partial charge is 0.322 e. The first-order valence-corrected chi connectivity index (χ1v) is 5.11. The van der Waals surface area contributed by atoms with Crippen LogP contribution in [0.25, 0.3) is 10.2 Å². The summed E-state index contributed by atoms with van der Waals surface area (Å²) >= 11 is 1.68. The standard InChI is InChI=1S/C10H12N2S/c1-6-3-4-9-8(5-6)12-10(13-9)7(2)11/h3-5,7H,11H2,1-2H3/t7-/m0/s1. The summed E-state index contributed by atoms with van der Waals surface area (Å²) < 4.78 is 1.22. The quantitative estimate of drug-likeness (QED) is 0.754. The number of hydrogen-bond donors (Lipinski definition) is 1. The predicted molar refractivity (Wildman–Crippen MR) is 57.0 cm³/mol. The topological polar surface area (TPSA) is 38.9 Å². The average molecular weight is 192 g/mol. The number of fused-ring (bicyclic) bond motifs is 1. The van der Waals surface area contributed by atoms with Crippen LogP contribution in [0.15, 0.2) is 18.2 Å². The molecule has 0 aliphatic rings. The first kappa shape index (κ1) is 8.66. The zero-order chi connectivity index (χ0) is 9.42. The molecule has 1 aromatic heterocycles. The molecule has 0 radical (unpaired) electrons. The number of nitrogens with zero attached hydrogens (tertiary/aromatic N) is 1. The van der Waals surface area contributed by atoms with E-state index < -0.39 is 0 Å². The SMILES string of the molecule is Cc1ccc2sc([C@H](C)N)nc2c1. The molecule has 0 saturated carbocycles. The third-order valence-electron chi connectivity index (χ3n) is 1.95. The summed E-state index contributed by atoms with van der Waals surface area (Å²) in [6, 6.07) is 6.34. The Hall–Kier alpha value is -0.930. The maximum Gasteiger partial charge on any atom is 0.110 e. The molecule has 0 bridgehead atoms. The lowest BCUT2D eigenvalue weighted by Crippen LogP contribution is -2.03. The summed E-state index contributed by atoms with van der Waals surface area (Å²) in [5.74, 6) is 0. The predicted octanol–water partition coefficient (Wildman–Crippen LogP) is 2.62. The monoisotopic (exact) mass is 192 g/mol. The van der Waals surface area contributed by atoms with E-state index in [1.807, 2.05) is 6.92 Å².